The molecule has 2 aromatic heterocycles. The minimum atomic E-state index is 0.851. The first kappa shape index (κ1) is 13.9. The van der Waals surface area contributed by atoms with Crippen molar-refractivity contribution >= 4 is 17.0 Å². The predicted molar refractivity (Wildman–Crippen MR) is 89.6 cm³/mol. The first-order valence-corrected chi connectivity index (χ1v) is 8.12. The second-order valence-corrected chi connectivity index (χ2v) is 5.86. The van der Waals surface area contributed by atoms with Gasteiger partial charge in [-0.15, -0.1) is 11.3 Å². The summed E-state index contributed by atoms with van der Waals surface area (Å²) >= 11 is 1.67. The minimum absolute atomic E-state index is 0.851. The fourth-order valence-corrected chi connectivity index (χ4v) is 3.00. The average Bonchev–Trinajstić information content (AvgIpc) is 3.18. The van der Waals surface area contributed by atoms with E-state index in [1.807, 2.05) is 11.6 Å². The molecule has 2 heterocycles. The lowest BCUT2D eigenvalue weighted by atomic mass is 10.2. The van der Waals surface area contributed by atoms with Crippen LogP contribution < -0.4 is 5.32 Å². The zero-order valence-electron chi connectivity index (χ0n) is 12.1. The highest BCUT2D eigenvalue weighted by Crippen LogP contribution is 2.23. The average molecular weight is 297 g/mol. The maximum Gasteiger partial charge on any atom is 0.123 e. The number of rotatable bonds is 6. The molecule has 0 aliphatic heterocycles. The van der Waals surface area contributed by atoms with E-state index >= 15 is 0 Å². The largest absolute Gasteiger partial charge is 0.379 e. The summed E-state index contributed by atoms with van der Waals surface area (Å²) in [6.45, 7) is 4.13. The van der Waals surface area contributed by atoms with Gasteiger partial charge >= 0.3 is 0 Å². The number of benzene rings is 1. The molecule has 0 fully saturated rings. The molecule has 4 heteroatoms. The van der Waals surface area contributed by atoms with Crippen LogP contribution in [-0.4, -0.2) is 9.55 Å². The van der Waals surface area contributed by atoms with Crippen LogP contribution in [0.5, 0.6) is 0 Å². The fraction of sp³-hybridized carbons (Fsp3) is 0.235. The van der Waals surface area contributed by atoms with Gasteiger partial charge in [-0.1, -0.05) is 6.92 Å². The van der Waals surface area contributed by atoms with Gasteiger partial charge in [0.25, 0.3) is 0 Å². The summed E-state index contributed by atoms with van der Waals surface area (Å²) in [5.74, 6) is 0. The molecular formula is C17H19N3S. The number of nitrogens with one attached hydrogen (secondary N) is 1. The molecule has 0 aliphatic rings. The van der Waals surface area contributed by atoms with Crippen LogP contribution in [0.4, 0.5) is 5.69 Å². The standard InChI is InChI=1S/C17H19N3S/c1-2-10-20-11-3-4-16(20)13-19-15-7-5-14(6-8-15)17-18-9-12-21-17/h3-9,11-12,19H,2,10,13H2,1H3. The number of thiazole rings is 1. The smallest absolute Gasteiger partial charge is 0.123 e. The molecule has 0 saturated heterocycles. The third kappa shape index (κ3) is 3.34. The number of hydrogen-bond donors (Lipinski definition) is 1. The summed E-state index contributed by atoms with van der Waals surface area (Å²) in [5.41, 5.74) is 3.63. The van der Waals surface area contributed by atoms with E-state index in [1.54, 1.807) is 11.3 Å². The van der Waals surface area contributed by atoms with Crippen LogP contribution >= 0.6 is 11.3 Å². The van der Waals surface area contributed by atoms with Gasteiger partial charge < -0.3 is 9.88 Å². The summed E-state index contributed by atoms with van der Waals surface area (Å²) in [6, 6.07) is 12.7. The number of anilines is 1. The second kappa shape index (κ2) is 6.59. The Morgan fingerprint density at radius 1 is 1.19 bits per heavy atom. The minimum Gasteiger partial charge on any atom is -0.379 e. The molecule has 0 radical (unpaired) electrons. The van der Waals surface area contributed by atoms with E-state index in [2.05, 4.69) is 64.4 Å². The summed E-state index contributed by atoms with van der Waals surface area (Å²) in [5, 5.41) is 6.55. The first-order valence-electron chi connectivity index (χ1n) is 7.24. The molecule has 3 nitrogen and oxygen atoms in total. The van der Waals surface area contributed by atoms with Crippen LogP contribution in [0.3, 0.4) is 0 Å². The van der Waals surface area contributed by atoms with Crippen molar-refractivity contribution in [2.24, 2.45) is 0 Å². The number of hydrogen-bond acceptors (Lipinski definition) is 3. The zero-order chi connectivity index (χ0) is 14.5. The molecule has 0 spiro atoms. The summed E-state index contributed by atoms with van der Waals surface area (Å²) < 4.78 is 2.30. The van der Waals surface area contributed by atoms with Crippen molar-refractivity contribution < 1.29 is 0 Å². The van der Waals surface area contributed by atoms with Crippen molar-refractivity contribution in [2.45, 2.75) is 26.4 Å². The molecule has 3 aromatic rings. The Bertz CT molecular complexity index is 668. The van der Waals surface area contributed by atoms with E-state index < -0.39 is 0 Å². The Hall–Kier alpha value is -2.07. The summed E-state index contributed by atoms with van der Waals surface area (Å²) in [7, 11) is 0. The van der Waals surface area contributed by atoms with Gasteiger partial charge in [-0.05, 0) is 42.8 Å². The molecule has 0 amide bonds. The molecule has 0 unspecified atom stereocenters. The maximum absolute atomic E-state index is 4.33. The Balaban J connectivity index is 1.64. The lowest BCUT2D eigenvalue weighted by Gasteiger charge is -2.10. The van der Waals surface area contributed by atoms with Crippen LogP contribution in [-0.2, 0) is 13.1 Å². The van der Waals surface area contributed by atoms with E-state index in [4.69, 9.17) is 0 Å². The van der Waals surface area contributed by atoms with E-state index in [0.29, 0.717) is 0 Å². The summed E-state index contributed by atoms with van der Waals surface area (Å²) in [6.07, 6.45) is 5.14. The quantitative estimate of drug-likeness (QED) is 0.718. The van der Waals surface area contributed by atoms with Gasteiger partial charge in [-0.2, -0.15) is 0 Å². The van der Waals surface area contributed by atoms with Crippen molar-refractivity contribution in [3.8, 4) is 10.6 Å². The van der Waals surface area contributed by atoms with Crippen molar-refractivity contribution in [3.63, 3.8) is 0 Å². The maximum atomic E-state index is 4.33. The van der Waals surface area contributed by atoms with Gasteiger partial charge in [0.05, 0.1) is 6.54 Å². The molecule has 21 heavy (non-hydrogen) atoms. The lowest BCUT2D eigenvalue weighted by Crippen LogP contribution is -2.06. The monoisotopic (exact) mass is 297 g/mol. The Morgan fingerprint density at radius 2 is 2.05 bits per heavy atom. The van der Waals surface area contributed by atoms with Crippen molar-refractivity contribution in [2.75, 3.05) is 5.32 Å². The van der Waals surface area contributed by atoms with E-state index in [1.165, 1.54) is 11.3 Å². The lowest BCUT2D eigenvalue weighted by molar-refractivity contribution is 0.654. The molecule has 1 aromatic carbocycles. The molecule has 0 atom stereocenters. The van der Waals surface area contributed by atoms with Gasteiger partial charge in [0.15, 0.2) is 0 Å². The van der Waals surface area contributed by atoms with E-state index in [-0.39, 0.29) is 0 Å². The number of aromatic nitrogens is 2. The summed E-state index contributed by atoms with van der Waals surface area (Å²) in [4.78, 5) is 4.33. The zero-order valence-corrected chi connectivity index (χ0v) is 12.9. The highest BCUT2D eigenvalue weighted by Gasteiger charge is 2.02. The Kier molecular flexibility index (Phi) is 4.36. The van der Waals surface area contributed by atoms with Crippen LogP contribution in [0.2, 0.25) is 0 Å². The van der Waals surface area contributed by atoms with Gasteiger partial charge in [-0.25, -0.2) is 4.98 Å². The highest BCUT2D eigenvalue weighted by atomic mass is 32.1. The molecule has 3 rings (SSSR count). The molecule has 0 saturated carbocycles. The second-order valence-electron chi connectivity index (χ2n) is 4.96. The normalized spacial score (nSPS) is 10.7. The van der Waals surface area contributed by atoms with Gasteiger partial charge in [-0.3, -0.25) is 0 Å². The first-order chi connectivity index (χ1) is 10.4. The van der Waals surface area contributed by atoms with Gasteiger partial charge in [0.1, 0.15) is 5.01 Å². The molecular weight excluding hydrogens is 278 g/mol. The fourth-order valence-electron chi connectivity index (χ4n) is 2.36. The van der Waals surface area contributed by atoms with Crippen LogP contribution in [0.1, 0.15) is 19.0 Å². The van der Waals surface area contributed by atoms with Crippen molar-refractivity contribution in [3.05, 3.63) is 59.9 Å². The molecule has 108 valence electrons. The van der Waals surface area contributed by atoms with Gasteiger partial charge in [0.2, 0.25) is 0 Å². The predicted octanol–water partition coefficient (Wildman–Crippen LogP) is 4.63. The third-order valence-corrected chi connectivity index (χ3v) is 4.25. The van der Waals surface area contributed by atoms with Crippen LogP contribution in [0.25, 0.3) is 10.6 Å². The Morgan fingerprint density at radius 3 is 2.76 bits per heavy atom. The SMILES string of the molecule is CCCn1cccc1CNc1ccc(-c2nccs2)cc1. The molecule has 0 aliphatic carbocycles. The third-order valence-electron chi connectivity index (χ3n) is 3.43. The van der Waals surface area contributed by atoms with E-state index in [0.717, 1.165) is 30.2 Å². The molecule has 1 N–H and O–H groups in total. The highest BCUT2D eigenvalue weighted by molar-refractivity contribution is 7.13. The number of nitrogens with zero attached hydrogens (tertiary/aromatic N) is 2. The van der Waals surface area contributed by atoms with Crippen LogP contribution in [0, 0.1) is 0 Å². The molecule has 0 bridgehead atoms. The topological polar surface area (TPSA) is 29.9 Å². The number of aryl methyl sites for hydroxylation is 1. The Labute approximate surface area is 129 Å². The van der Waals surface area contributed by atoms with Crippen LogP contribution in [0.15, 0.2) is 54.2 Å². The van der Waals surface area contributed by atoms with Crippen molar-refractivity contribution in [1.82, 2.24) is 9.55 Å². The van der Waals surface area contributed by atoms with Crippen molar-refractivity contribution in [1.29, 1.82) is 0 Å². The van der Waals surface area contributed by atoms with Gasteiger partial charge in [0, 0.05) is 41.3 Å². The van der Waals surface area contributed by atoms with E-state index in [9.17, 15) is 0 Å².